The highest BCUT2D eigenvalue weighted by Gasteiger charge is 2.22. The van der Waals surface area contributed by atoms with Gasteiger partial charge in [-0.2, -0.15) is 0 Å². The minimum Gasteiger partial charge on any atom is -0.391 e. The molecule has 1 aliphatic heterocycles. The van der Waals surface area contributed by atoms with Crippen molar-refractivity contribution in [3.05, 3.63) is 34.1 Å². The van der Waals surface area contributed by atoms with Gasteiger partial charge in [-0.05, 0) is 25.5 Å². The van der Waals surface area contributed by atoms with Crippen LogP contribution in [0.15, 0.2) is 27.7 Å². The fraction of sp³-hybridized carbons (Fsp3) is 0.500. The average Bonchev–Trinajstić information content (AvgIpc) is 2.83. The van der Waals surface area contributed by atoms with Crippen molar-refractivity contribution in [2.45, 2.75) is 26.0 Å². The van der Waals surface area contributed by atoms with E-state index in [0.717, 1.165) is 29.9 Å². The van der Waals surface area contributed by atoms with Gasteiger partial charge in [0.1, 0.15) is 5.82 Å². The fourth-order valence-corrected chi connectivity index (χ4v) is 2.50. The number of benzene rings is 1. The van der Waals surface area contributed by atoms with Crippen LogP contribution >= 0.6 is 15.9 Å². The van der Waals surface area contributed by atoms with Crippen LogP contribution in [0, 0.1) is 5.82 Å². The van der Waals surface area contributed by atoms with E-state index in [-0.39, 0.29) is 18.5 Å². The average molecular weight is 344 g/mol. The number of nitrogens with zero attached hydrogens (tertiary/aromatic N) is 2. The van der Waals surface area contributed by atoms with E-state index in [1.807, 2.05) is 11.8 Å². The maximum Gasteiger partial charge on any atom is 0.194 e. The van der Waals surface area contributed by atoms with E-state index in [4.69, 9.17) is 0 Å². The summed E-state index contributed by atoms with van der Waals surface area (Å²) in [7, 11) is 0. The van der Waals surface area contributed by atoms with E-state index in [0.29, 0.717) is 12.1 Å². The zero-order valence-electron chi connectivity index (χ0n) is 11.4. The molecule has 1 aromatic carbocycles. The molecule has 2 rings (SSSR count). The fourth-order valence-electron chi connectivity index (χ4n) is 2.17. The normalized spacial score (nSPS) is 19.5. The minimum atomic E-state index is -0.303. The Hall–Kier alpha value is -1.14. The molecule has 20 heavy (non-hydrogen) atoms. The zero-order valence-corrected chi connectivity index (χ0v) is 13.0. The first-order chi connectivity index (χ1) is 9.60. The molecule has 1 aromatic rings. The lowest BCUT2D eigenvalue weighted by atomic mass is 10.2. The van der Waals surface area contributed by atoms with Crippen molar-refractivity contribution in [2.24, 2.45) is 4.99 Å². The molecule has 0 bridgehead atoms. The van der Waals surface area contributed by atoms with Crippen LogP contribution in [-0.4, -0.2) is 41.7 Å². The number of aliphatic hydroxyl groups is 1. The first-order valence-electron chi connectivity index (χ1n) is 6.75. The van der Waals surface area contributed by atoms with Crippen molar-refractivity contribution >= 4 is 21.9 Å². The standard InChI is InChI=1S/C14H19BrFN3O/c1-2-17-14(19-6-5-12(20)9-19)18-8-10-3-4-11(15)7-13(10)16/h3-4,7,12,20H,2,5-6,8-9H2,1H3,(H,17,18)/t12-/m1/s1. The van der Waals surface area contributed by atoms with Crippen molar-refractivity contribution in [3.8, 4) is 0 Å². The van der Waals surface area contributed by atoms with Crippen LogP contribution in [0.1, 0.15) is 18.9 Å². The largest absolute Gasteiger partial charge is 0.391 e. The van der Waals surface area contributed by atoms with Gasteiger partial charge in [0.2, 0.25) is 0 Å². The number of hydrogen-bond donors (Lipinski definition) is 2. The first kappa shape index (κ1) is 15.3. The van der Waals surface area contributed by atoms with Gasteiger partial charge in [-0.25, -0.2) is 9.38 Å². The Morgan fingerprint density at radius 3 is 3.00 bits per heavy atom. The molecular weight excluding hydrogens is 325 g/mol. The highest BCUT2D eigenvalue weighted by Crippen LogP contribution is 2.16. The molecule has 0 radical (unpaired) electrons. The van der Waals surface area contributed by atoms with Gasteiger partial charge in [-0.1, -0.05) is 22.0 Å². The van der Waals surface area contributed by atoms with E-state index in [2.05, 4.69) is 26.2 Å². The van der Waals surface area contributed by atoms with Crippen LogP contribution < -0.4 is 5.32 Å². The molecule has 1 aliphatic rings. The molecule has 0 aromatic heterocycles. The van der Waals surface area contributed by atoms with Crippen LogP contribution in [0.25, 0.3) is 0 Å². The number of guanidine groups is 1. The second-order valence-corrected chi connectivity index (χ2v) is 5.71. The van der Waals surface area contributed by atoms with Gasteiger partial charge in [0, 0.05) is 29.7 Å². The summed E-state index contributed by atoms with van der Waals surface area (Å²) in [4.78, 5) is 6.46. The summed E-state index contributed by atoms with van der Waals surface area (Å²) < 4.78 is 14.5. The topological polar surface area (TPSA) is 47.9 Å². The number of likely N-dealkylation sites (tertiary alicyclic amines) is 1. The molecule has 0 unspecified atom stereocenters. The summed E-state index contributed by atoms with van der Waals surface area (Å²) in [6.45, 7) is 4.37. The first-order valence-corrected chi connectivity index (χ1v) is 7.54. The van der Waals surface area contributed by atoms with Crippen molar-refractivity contribution in [1.29, 1.82) is 0 Å². The van der Waals surface area contributed by atoms with E-state index >= 15 is 0 Å². The van der Waals surface area contributed by atoms with Crippen LogP contribution in [0.5, 0.6) is 0 Å². The number of nitrogens with one attached hydrogen (secondary N) is 1. The molecule has 0 saturated carbocycles. The number of halogens is 2. The maximum absolute atomic E-state index is 13.8. The SMILES string of the molecule is CCNC(=NCc1ccc(Br)cc1F)N1CC[C@@H](O)C1. The summed E-state index contributed by atoms with van der Waals surface area (Å²) >= 11 is 3.24. The van der Waals surface area contributed by atoms with Gasteiger partial charge in [-0.15, -0.1) is 0 Å². The van der Waals surface area contributed by atoms with E-state index in [9.17, 15) is 9.50 Å². The lowest BCUT2D eigenvalue weighted by molar-refractivity contribution is 0.188. The molecule has 1 heterocycles. The van der Waals surface area contributed by atoms with Crippen molar-refractivity contribution in [3.63, 3.8) is 0 Å². The molecular formula is C14H19BrFN3O. The van der Waals surface area contributed by atoms with Crippen LogP contribution in [0.4, 0.5) is 4.39 Å². The summed E-state index contributed by atoms with van der Waals surface area (Å²) in [5, 5.41) is 12.8. The quantitative estimate of drug-likeness (QED) is 0.652. The van der Waals surface area contributed by atoms with Gasteiger partial charge in [0.05, 0.1) is 12.6 Å². The molecule has 6 heteroatoms. The predicted molar refractivity (Wildman–Crippen MR) is 81.1 cm³/mol. The third-order valence-electron chi connectivity index (χ3n) is 3.21. The second kappa shape index (κ2) is 7.04. The van der Waals surface area contributed by atoms with E-state index in [1.165, 1.54) is 6.07 Å². The predicted octanol–water partition coefficient (Wildman–Crippen LogP) is 2.12. The molecule has 0 spiro atoms. The molecule has 110 valence electrons. The van der Waals surface area contributed by atoms with Gasteiger partial charge < -0.3 is 15.3 Å². The highest BCUT2D eigenvalue weighted by molar-refractivity contribution is 9.10. The van der Waals surface area contributed by atoms with E-state index < -0.39 is 0 Å². The van der Waals surface area contributed by atoms with Crippen LogP contribution in [0.2, 0.25) is 0 Å². The van der Waals surface area contributed by atoms with Gasteiger partial charge >= 0.3 is 0 Å². The number of aliphatic hydroxyl groups excluding tert-OH is 1. The van der Waals surface area contributed by atoms with Gasteiger partial charge in [0.15, 0.2) is 5.96 Å². The number of hydrogen-bond acceptors (Lipinski definition) is 2. The van der Waals surface area contributed by atoms with Crippen molar-refractivity contribution in [2.75, 3.05) is 19.6 Å². The highest BCUT2D eigenvalue weighted by atomic mass is 79.9. The molecule has 1 atom stereocenters. The summed E-state index contributed by atoms with van der Waals surface area (Å²) in [5.74, 6) is 0.465. The zero-order chi connectivity index (χ0) is 14.5. The monoisotopic (exact) mass is 343 g/mol. The molecule has 1 saturated heterocycles. The molecule has 0 amide bonds. The third kappa shape index (κ3) is 3.93. The Kier molecular flexibility index (Phi) is 5.37. The van der Waals surface area contributed by atoms with E-state index in [1.54, 1.807) is 12.1 Å². The lowest BCUT2D eigenvalue weighted by Crippen LogP contribution is -2.40. The summed E-state index contributed by atoms with van der Waals surface area (Å²) in [6.07, 6.45) is 0.445. The number of rotatable bonds is 3. The number of aliphatic imine (C=N–C) groups is 1. The summed E-state index contributed by atoms with van der Waals surface area (Å²) in [5.41, 5.74) is 0.559. The Morgan fingerprint density at radius 2 is 2.40 bits per heavy atom. The maximum atomic E-state index is 13.8. The number of β-amino-alcohol motifs (C(OH)–C–C–N with tert-alkyl or cyclic N) is 1. The van der Waals surface area contributed by atoms with Gasteiger partial charge in [0.25, 0.3) is 0 Å². The minimum absolute atomic E-state index is 0.263. The van der Waals surface area contributed by atoms with Gasteiger partial charge in [-0.3, -0.25) is 0 Å². The Bertz CT molecular complexity index is 495. The molecule has 4 nitrogen and oxygen atoms in total. The van der Waals surface area contributed by atoms with Crippen molar-refractivity contribution in [1.82, 2.24) is 10.2 Å². The van der Waals surface area contributed by atoms with Crippen molar-refractivity contribution < 1.29 is 9.50 Å². The molecule has 0 aliphatic carbocycles. The Labute approximate surface area is 126 Å². The third-order valence-corrected chi connectivity index (χ3v) is 3.71. The molecule has 2 N–H and O–H groups in total. The molecule has 1 fully saturated rings. The second-order valence-electron chi connectivity index (χ2n) is 4.79. The summed E-state index contributed by atoms with van der Waals surface area (Å²) in [6, 6.07) is 4.98. The Balaban J connectivity index is 2.08. The van der Waals surface area contributed by atoms with Crippen LogP contribution in [0.3, 0.4) is 0 Å². The lowest BCUT2D eigenvalue weighted by Gasteiger charge is -2.21. The Morgan fingerprint density at radius 1 is 1.60 bits per heavy atom. The van der Waals surface area contributed by atoms with Crippen LogP contribution in [-0.2, 0) is 6.54 Å². The smallest absolute Gasteiger partial charge is 0.194 e.